The van der Waals surface area contributed by atoms with Crippen molar-refractivity contribution >= 4 is 28.7 Å². The van der Waals surface area contributed by atoms with E-state index in [2.05, 4.69) is 9.97 Å². The van der Waals surface area contributed by atoms with E-state index in [4.69, 9.17) is 22.1 Å². The number of hydrogen-bond donors (Lipinski definition) is 1. The van der Waals surface area contributed by atoms with Gasteiger partial charge < -0.3 is 15.0 Å². The van der Waals surface area contributed by atoms with Gasteiger partial charge in [0.2, 0.25) is 11.8 Å². The zero-order chi connectivity index (χ0) is 13.8. The number of alkyl halides is 1. The van der Waals surface area contributed by atoms with E-state index in [1.54, 1.807) is 13.2 Å². The molecule has 0 spiro atoms. The predicted molar refractivity (Wildman–Crippen MR) is 72.1 cm³/mol. The molecule has 0 aliphatic carbocycles. The maximum absolute atomic E-state index is 10.8. The third-order valence-corrected chi connectivity index (χ3v) is 3.02. The van der Waals surface area contributed by atoms with Crippen molar-refractivity contribution in [2.45, 2.75) is 25.3 Å². The summed E-state index contributed by atoms with van der Waals surface area (Å²) in [7, 11) is 1.56. The van der Waals surface area contributed by atoms with Crippen LogP contribution in [0.2, 0.25) is 0 Å². The van der Waals surface area contributed by atoms with Gasteiger partial charge in [0, 0.05) is 19.0 Å². The van der Waals surface area contributed by atoms with E-state index < -0.39 is 0 Å². The van der Waals surface area contributed by atoms with Crippen molar-refractivity contribution in [3.8, 4) is 5.88 Å². The van der Waals surface area contributed by atoms with Gasteiger partial charge in [0.1, 0.15) is 11.3 Å². The van der Waals surface area contributed by atoms with Crippen LogP contribution in [0.1, 0.15) is 18.7 Å². The van der Waals surface area contributed by atoms with Crippen molar-refractivity contribution in [2.75, 3.05) is 7.11 Å². The first-order chi connectivity index (χ1) is 9.15. The number of methoxy groups -OCH3 is 1. The van der Waals surface area contributed by atoms with E-state index in [1.807, 2.05) is 10.6 Å². The summed E-state index contributed by atoms with van der Waals surface area (Å²) < 4.78 is 7.00. The van der Waals surface area contributed by atoms with E-state index >= 15 is 0 Å². The van der Waals surface area contributed by atoms with Crippen LogP contribution >= 0.6 is 11.6 Å². The van der Waals surface area contributed by atoms with Gasteiger partial charge in [-0.2, -0.15) is 4.98 Å². The summed E-state index contributed by atoms with van der Waals surface area (Å²) in [4.78, 5) is 19.5. The molecule has 19 heavy (non-hydrogen) atoms. The third-order valence-electron chi connectivity index (χ3n) is 2.78. The summed E-state index contributed by atoms with van der Waals surface area (Å²) in [5.41, 5.74) is 6.60. The van der Waals surface area contributed by atoms with Gasteiger partial charge in [-0.05, 0) is 12.5 Å². The maximum atomic E-state index is 10.8. The lowest BCUT2D eigenvalue weighted by Gasteiger charge is -2.06. The number of pyridine rings is 1. The fourth-order valence-electron chi connectivity index (χ4n) is 1.89. The Morgan fingerprint density at radius 1 is 1.47 bits per heavy atom. The summed E-state index contributed by atoms with van der Waals surface area (Å²) in [6.45, 7) is 0.599. The molecule has 0 aromatic carbocycles. The van der Waals surface area contributed by atoms with Gasteiger partial charge in [0.25, 0.3) is 0 Å². The van der Waals surface area contributed by atoms with E-state index in [0.717, 1.165) is 11.3 Å². The Morgan fingerprint density at radius 2 is 2.26 bits per heavy atom. The Labute approximate surface area is 115 Å². The molecule has 2 N–H and O–H groups in total. The Morgan fingerprint density at radius 3 is 2.89 bits per heavy atom. The highest BCUT2D eigenvalue weighted by molar-refractivity contribution is 6.16. The van der Waals surface area contributed by atoms with Crippen molar-refractivity contribution in [3.63, 3.8) is 0 Å². The molecule has 0 aliphatic rings. The van der Waals surface area contributed by atoms with Gasteiger partial charge in [-0.3, -0.25) is 4.79 Å². The molecule has 0 saturated carbocycles. The molecule has 2 aromatic heterocycles. The van der Waals surface area contributed by atoms with Crippen LogP contribution in [0.5, 0.6) is 5.88 Å². The van der Waals surface area contributed by atoms with Crippen molar-refractivity contribution in [3.05, 3.63) is 18.0 Å². The van der Waals surface area contributed by atoms with Gasteiger partial charge >= 0.3 is 0 Å². The highest BCUT2D eigenvalue weighted by Crippen LogP contribution is 2.19. The number of aryl methyl sites for hydroxylation is 1. The number of carbonyl (C=O) groups excluding carboxylic acids is 1. The van der Waals surface area contributed by atoms with Crippen LogP contribution in [0, 0.1) is 0 Å². The highest BCUT2D eigenvalue weighted by atomic mass is 35.5. The molecule has 2 rings (SSSR count). The minimum Gasteiger partial charge on any atom is -0.481 e. The number of halogens is 1. The number of primary amides is 1. The second kappa shape index (κ2) is 5.88. The molecule has 1 amide bonds. The molecule has 0 aliphatic heterocycles. The van der Waals surface area contributed by atoms with Crippen LogP contribution in [0.4, 0.5) is 0 Å². The number of carbonyl (C=O) groups is 1. The molecule has 102 valence electrons. The van der Waals surface area contributed by atoms with E-state index in [9.17, 15) is 4.79 Å². The Hall–Kier alpha value is -1.82. The standard InChI is InChI=1S/C12H15ClN4O2/c1-19-11-5-4-8-12(16-11)17(10(7-13)15-8)6-2-3-9(14)18/h4-5H,2-3,6-7H2,1H3,(H2,14,18). The molecule has 0 bridgehead atoms. The molecule has 0 atom stereocenters. The first-order valence-electron chi connectivity index (χ1n) is 5.90. The SMILES string of the molecule is COc1ccc2nc(CCl)n(CCCC(N)=O)c2n1. The monoisotopic (exact) mass is 282 g/mol. The van der Waals surface area contributed by atoms with Crippen molar-refractivity contribution in [1.82, 2.24) is 14.5 Å². The lowest BCUT2D eigenvalue weighted by Crippen LogP contribution is -2.12. The lowest BCUT2D eigenvalue weighted by atomic mass is 10.3. The summed E-state index contributed by atoms with van der Waals surface area (Å²) in [6, 6.07) is 3.59. The Balaban J connectivity index is 2.34. The van der Waals surface area contributed by atoms with Gasteiger partial charge in [0.15, 0.2) is 5.65 Å². The smallest absolute Gasteiger partial charge is 0.217 e. The number of fused-ring (bicyclic) bond motifs is 1. The molecule has 0 radical (unpaired) electrons. The number of ether oxygens (including phenoxy) is 1. The minimum atomic E-state index is -0.317. The van der Waals surface area contributed by atoms with Crippen molar-refractivity contribution < 1.29 is 9.53 Å². The number of rotatable bonds is 6. The number of nitrogens with zero attached hydrogens (tertiary/aromatic N) is 3. The lowest BCUT2D eigenvalue weighted by molar-refractivity contribution is -0.118. The highest BCUT2D eigenvalue weighted by Gasteiger charge is 2.12. The van der Waals surface area contributed by atoms with Crippen molar-refractivity contribution in [2.24, 2.45) is 5.73 Å². The van der Waals surface area contributed by atoms with Crippen LogP contribution in [-0.4, -0.2) is 27.6 Å². The van der Waals surface area contributed by atoms with Crippen LogP contribution in [0.15, 0.2) is 12.1 Å². The second-order valence-electron chi connectivity index (χ2n) is 4.08. The van der Waals surface area contributed by atoms with Gasteiger partial charge in [-0.15, -0.1) is 11.6 Å². The first kappa shape index (κ1) is 13.6. The number of hydrogen-bond acceptors (Lipinski definition) is 4. The number of nitrogens with two attached hydrogens (primary N) is 1. The van der Waals surface area contributed by atoms with Crippen LogP contribution in [0.25, 0.3) is 11.2 Å². The topological polar surface area (TPSA) is 83.0 Å². The predicted octanol–water partition coefficient (Wildman–Crippen LogP) is 1.44. The summed E-state index contributed by atoms with van der Waals surface area (Å²) in [5.74, 6) is 1.21. The first-order valence-corrected chi connectivity index (χ1v) is 6.43. The van der Waals surface area contributed by atoms with Crippen LogP contribution in [0.3, 0.4) is 0 Å². The molecule has 7 heteroatoms. The molecule has 6 nitrogen and oxygen atoms in total. The largest absolute Gasteiger partial charge is 0.481 e. The molecule has 0 unspecified atom stereocenters. The molecule has 0 saturated heterocycles. The van der Waals surface area contributed by atoms with E-state index in [1.165, 1.54) is 0 Å². The summed E-state index contributed by atoms with van der Waals surface area (Å²) in [6.07, 6.45) is 0.953. The molecule has 0 fully saturated rings. The number of aromatic nitrogens is 3. The summed E-state index contributed by atoms with van der Waals surface area (Å²) in [5, 5.41) is 0. The van der Waals surface area contributed by atoms with Crippen molar-refractivity contribution in [1.29, 1.82) is 0 Å². The Bertz CT molecular complexity index is 597. The van der Waals surface area contributed by atoms with Gasteiger partial charge in [-0.25, -0.2) is 4.98 Å². The fourth-order valence-corrected chi connectivity index (χ4v) is 2.10. The third kappa shape index (κ3) is 2.96. The van der Waals surface area contributed by atoms with E-state index in [-0.39, 0.29) is 11.8 Å². The molecular formula is C12H15ClN4O2. The Kier molecular flexibility index (Phi) is 4.21. The molecule has 2 heterocycles. The maximum Gasteiger partial charge on any atom is 0.217 e. The molecule has 2 aromatic rings. The number of amides is 1. The van der Waals surface area contributed by atoms with E-state index in [0.29, 0.717) is 30.9 Å². The number of imidazole rings is 1. The minimum absolute atomic E-state index is 0.287. The average Bonchev–Trinajstić information content (AvgIpc) is 2.75. The summed E-state index contributed by atoms with van der Waals surface area (Å²) >= 11 is 5.88. The normalized spacial score (nSPS) is 10.8. The van der Waals surface area contributed by atoms with Gasteiger partial charge in [0.05, 0.1) is 13.0 Å². The zero-order valence-electron chi connectivity index (χ0n) is 10.6. The average molecular weight is 283 g/mol. The fraction of sp³-hybridized carbons (Fsp3) is 0.417. The molecular weight excluding hydrogens is 268 g/mol. The van der Waals surface area contributed by atoms with Crippen LogP contribution < -0.4 is 10.5 Å². The second-order valence-corrected chi connectivity index (χ2v) is 4.35. The van der Waals surface area contributed by atoms with Crippen LogP contribution in [-0.2, 0) is 17.2 Å². The van der Waals surface area contributed by atoms with Gasteiger partial charge in [-0.1, -0.05) is 0 Å². The quantitative estimate of drug-likeness (QED) is 0.813. The zero-order valence-corrected chi connectivity index (χ0v) is 11.4.